The number of thioether (sulfide) groups is 1. The van der Waals surface area contributed by atoms with Crippen LogP contribution in [0.4, 0.5) is 0 Å². The van der Waals surface area contributed by atoms with Gasteiger partial charge in [0.25, 0.3) is 0 Å². The summed E-state index contributed by atoms with van der Waals surface area (Å²) in [6, 6.07) is 5.86. The maximum atomic E-state index is 13.2. The Labute approximate surface area is 186 Å². The number of aryl methyl sites for hydroxylation is 1. The van der Waals surface area contributed by atoms with E-state index in [1.807, 2.05) is 32.2 Å². The molecule has 0 aliphatic heterocycles. The molecule has 0 amide bonds. The van der Waals surface area contributed by atoms with Crippen LogP contribution < -0.4 is 4.74 Å². The Bertz CT molecular complexity index is 1230. The van der Waals surface area contributed by atoms with Crippen LogP contribution in [0.5, 0.6) is 5.75 Å². The van der Waals surface area contributed by atoms with Gasteiger partial charge in [0.15, 0.2) is 5.78 Å². The first-order chi connectivity index (χ1) is 14.7. The molecule has 1 aromatic carbocycles. The minimum atomic E-state index is 0.0328. The SMILES string of the molecule is COc1ccc2c(c1)c(C(=O)CSc1nnc3c(n1)[C@@]1(C)CC[C@@H]3C1(C)C)c(C)n2C. The first-order valence-electron chi connectivity index (χ1n) is 10.7. The van der Waals surface area contributed by atoms with Gasteiger partial charge in [-0.05, 0) is 43.4 Å². The number of rotatable bonds is 5. The lowest BCUT2D eigenvalue weighted by atomic mass is 9.70. The topological polar surface area (TPSA) is 69.9 Å². The quantitative estimate of drug-likeness (QED) is 0.421. The normalized spacial score (nSPS) is 23.4. The van der Waals surface area contributed by atoms with Crippen molar-refractivity contribution in [2.45, 2.75) is 57.0 Å². The number of carbonyl (C=O) groups excluding carboxylic acids is 1. The lowest BCUT2D eigenvalue weighted by Gasteiger charge is -2.33. The monoisotopic (exact) mass is 436 g/mol. The maximum absolute atomic E-state index is 13.2. The molecular formula is C24H28N4O2S. The molecule has 5 rings (SSSR count). The molecule has 31 heavy (non-hydrogen) atoms. The average molecular weight is 437 g/mol. The van der Waals surface area contributed by atoms with Crippen molar-refractivity contribution >= 4 is 28.4 Å². The van der Waals surface area contributed by atoms with Crippen molar-refractivity contribution in [3.63, 3.8) is 0 Å². The van der Waals surface area contributed by atoms with Gasteiger partial charge in [-0.3, -0.25) is 4.79 Å². The molecule has 1 fully saturated rings. The summed E-state index contributed by atoms with van der Waals surface area (Å²) in [5, 5.41) is 10.4. The number of aromatic nitrogens is 4. The molecule has 2 aliphatic carbocycles. The van der Waals surface area contributed by atoms with Crippen LogP contribution in [0.2, 0.25) is 0 Å². The predicted octanol–water partition coefficient (Wildman–Crippen LogP) is 4.83. The number of carbonyl (C=O) groups is 1. The fraction of sp³-hybridized carbons (Fsp3) is 0.500. The van der Waals surface area contributed by atoms with Crippen LogP contribution in [0, 0.1) is 12.3 Å². The zero-order valence-electron chi connectivity index (χ0n) is 18.9. The van der Waals surface area contributed by atoms with E-state index in [2.05, 4.69) is 35.5 Å². The van der Waals surface area contributed by atoms with Gasteiger partial charge in [0.05, 0.1) is 24.3 Å². The molecule has 0 saturated heterocycles. The number of nitrogens with zero attached hydrogens (tertiary/aromatic N) is 4. The van der Waals surface area contributed by atoms with Gasteiger partial charge in [-0.25, -0.2) is 4.98 Å². The van der Waals surface area contributed by atoms with E-state index < -0.39 is 0 Å². The van der Waals surface area contributed by atoms with Crippen LogP contribution in [0.15, 0.2) is 23.4 Å². The van der Waals surface area contributed by atoms with Gasteiger partial charge >= 0.3 is 0 Å². The maximum Gasteiger partial charge on any atom is 0.209 e. The lowest BCUT2D eigenvalue weighted by molar-refractivity contribution is 0.102. The molecule has 0 spiro atoms. The first-order valence-corrected chi connectivity index (χ1v) is 11.7. The summed E-state index contributed by atoms with van der Waals surface area (Å²) in [6.45, 7) is 8.93. The number of benzene rings is 1. The van der Waals surface area contributed by atoms with Crippen LogP contribution in [-0.4, -0.2) is 38.4 Å². The second-order valence-corrected chi connectivity index (χ2v) is 10.5. The molecule has 2 bridgehead atoms. The van der Waals surface area contributed by atoms with Gasteiger partial charge in [0.1, 0.15) is 5.75 Å². The highest BCUT2D eigenvalue weighted by molar-refractivity contribution is 7.99. The highest BCUT2D eigenvalue weighted by atomic mass is 32.2. The van der Waals surface area contributed by atoms with E-state index in [0.717, 1.165) is 52.1 Å². The van der Waals surface area contributed by atoms with E-state index in [9.17, 15) is 4.79 Å². The number of fused-ring (bicyclic) bond motifs is 6. The van der Waals surface area contributed by atoms with E-state index in [1.165, 1.54) is 11.8 Å². The molecule has 6 nitrogen and oxygen atoms in total. The largest absolute Gasteiger partial charge is 0.497 e. The molecule has 0 unspecified atom stereocenters. The summed E-state index contributed by atoms with van der Waals surface area (Å²) >= 11 is 1.38. The van der Waals surface area contributed by atoms with Crippen molar-refractivity contribution in [2.24, 2.45) is 12.5 Å². The Morgan fingerprint density at radius 1 is 1.29 bits per heavy atom. The van der Waals surface area contributed by atoms with Crippen LogP contribution in [-0.2, 0) is 12.5 Å². The zero-order valence-corrected chi connectivity index (χ0v) is 19.8. The lowest BCUT2D eigenvalue weighted by Crippen LogP contribution is -2.32. The molecule has 162 valence electrons. The van der Waals surface area contributed by atoms with Crippen LogP contribution in [0.25, 0.3) is 10.9 Å². The molecule has 2 aliphatic rings. The van der Waals surface area contributed by atoms with Gasteiger partial charge in [-0.2, -0.15) is 5.10 Å². The molecule has 2 atom stereocenters. The Hall–Kier alpha value is -2.41. The van der Waals surface area contributed by atoms with E-state index in [0.29, 0.717) is 11.1 Å². The van der Waals surface area contributed by atoms with E-state index in [1.54, 1.807) is 7.11 Å². The van der Waals surface area contributed by atoms with Crippen molar-refractivity contribution in [2.75, 3.05) is 12.9 Å². The Morgan fingerprint density at radius 3 is 2.81 bits per heavy atom. The molecular weight excluding hydrogens is 408 g/mol. The predicted molar refractivity (Wildman–Crippen MR) is 122 cm³/mol. The second kappa shape index (κ2) is 6.79. The second-order valence-electron chi connectivity index (χ2n) is 9.59. The average Bonchev–Trinajstić information content (AvgIpc) is 3.22. The van der Waals surface area contributed by atoms with Gasteiger partial charge in [-0.15, -0.1) is 5.10 Å². The summed E-state index contributed by atoms with van der Waals surface area (Å²) in [5.74, 6) is 1.53. The van der Waals surface area contributed by atoms with Crippen molar-refractivity contribution in [1.82, 2.24) is 19.7 Å². The molecule has 0 radical (unpaired) electrons. The van der Waals surface area contributed by atoms with Crippen LogP contribution in [0.1, 0.15) is 67.0 Å². The molecule has 0 N–H and O–H groups in total. The van der Waals surface area contributed by atoms with Crippen LogP contribution in [0.3, 0.4) is 0 Å². The standard InChI is InChI=1S/C24H28N4O2S/c1-13-19(15-11-14(30-6)7-8-17(15)28(13)5)18(29)12-31-22-25-21-20(26-27-22)16-9-10-24(21,4)23(16,2)3/h7-8,11,16H,9-10,12H2,1-6H3/t16-,24+/m0/s1. The summed E-state index contributed by atoms with van der Waals surface area (Å²) in [7, 11) is 3.63. The van der Waals surface area contributed by atoms with Gasteiger partial charge in [0.2, 0.25) is 5.16 Å². The smallest absolute Gasteiger partial charge is 0.209 e. The third-order valence-electron chi connectivity index (χ3n) is 8.08. The Morgan fingerprint density at radius 2 is 2.06 bits per heavy atom. The Balaban J connectivity index is 1.43. The van der Waals surface area contributed by atoms with Crippen LogP contribution >= 0.6 is 11.8 Å². The molecule has 2 aromatic heterocycles. The van der Waals surface area contributed by atoms with Crippen molar-refractivity contribution in [1.29, 1.82) is 0 Å². The number of hydrogen-bond donors (Lipinski definition) is 0. The molecule has 7 heteroatoms. The molecule has 2 heterocycles. The summed E-state index contributed by atoms with van der Waals surface area (Å²) < 4.78 is 7.43. The molecule has 1 saturated carbocycles. The number of methoxy groups -OCH3 is 1. The van der Waals surface area contributed by atoms with Crippen molar-refractivity contribution in [3.8, 4) is 5.75 Å². The van der Waals surface area contributed by atoms with Gasteiger partial charge in [0, 0.05) is 40.5 Å². The molecule has 3 aromatic rings. The number of hydrogen-bond acceptors (Lipinski definition) is 6. The summed E-state index contributed by atoms with van der Waals surface area (Å²) in [5.41, 5.74) is 5.04. The third kappa shape index (κ3) is 2.71. The minimum Gasteiger partial charge on any atom is -0.497 e. The highest BCUT2D eigenvalue weighted by Gasteiger charge is 2.61. The van der Waals surface area contributed by atoms with Gasteiger partial charge < -0.3 is 9.30 Å². The van der Waals surface area contributed by atoms with E-state index >= 15 is 0 Å². The number of Topliss-reactive ketones (excluding diaryl/α,β-unsaturated/α-hetero) is 1. The van der Waals surface area contributed by atoms with E-state index in [-0.39, 0.29) is 22.4 Å². The fourth-order valence-corrected chi connectivity index (χ4v) is 6.32. The zero-order chi connectivity index (χ0) is 22.1. The number of ether oxygens (including phenoxy) is 1. The Kier molecular flexibility index (Phi) is 4.49. The summed E-state index contributed by atoms with van der Waals surface area (Å²) in [6.07, 6.45) is 2.29. The van der Waals surface area contributed by atoms with Gasteiger partial charge in [-0.1, -0.05) is 32.5 Å². The first kappa shape index (κ1) is 20.5. The van der Waals surface area contributed by atoms with E-state index in [4.69, 9.17) is 9.72 Å². The number of ketones is 1. The minimum absolute atomic E-state index is 0.0328. The highest BCUT2D eigenvalue weighted by Crippen LogP contribution is 2.66. The van der Waals surface area contributed by atoms with Crippen molar-refractivity contribution in [3.05, 3.63) is 40.8 Å². The van der Waals surface area contributed by atoms with Crippen molar-refractivity contribution < 1.29 is 9.53 Å². The fourth-order valence-electron chi connectivity index (χ4n) is 5.66. The third-order valence-corrected chi connectivity index (χ3v) is 8.92. The summed E-state index contributed by atoms with van der Waals surface area (Å²) in [4.78, 5) is 18.1.